The molecule has 20 heavy (non-hydrogen) atoms. The van der Waals surface area contributed by atoms with Crippen molar-refractivity contribution in [2.75, 3.05) is 26.2 Å². The smallest absolute Gasteiger partial charge is 0.261 e. The molecule has 0 atom stereocenters. The first-order valence-corrected chi connectivity index (χ1v) is 6.86. The van der Waals surface area contributed by atoms with Crippen molar-refractivity contribution >= 4 is 24.2 Å². The third-order valence-electron chi connectivity index (χ3n) is 3.63. The van der Waals surface area contributed by atoms with E-state index >= 15 is 0 Å². The largest absolute Gasteiger partial charge is 0.304 e. The molecule has 0 unspecified atom stereocenters. The molecule has 1 aromatic rings. The lowest BCUT2D eigenvalue weighted by Gasteiger charge is -2.20. The number of hydrogen-bond acceptors (Lipinski definition) is 3. The Morgan fingerprint density at radius 1 is 1.00 bits per heavy atom. The van der Waals surface area contributed by atoms with Crippen molar-refractivity contribution in [3.63, 3.8) is 0 Å². The van der Waals surface area contributed by atoms with Crippen LogP contribution in [0.15, 0.2) is 24.3 Å². The number of benzene rings is 1. The first-order chi connectivity index (χ1) is 9.19. The van der Waals surface area contributed by atoms with Gasteiger partial charge in [0.1, 0.15) is 0 Å². The highest BCUT2D eigenvalue weighted by atomic mass is 35.5. The van der Waals surface area contributed by atoms with E-state index in [0.717, 1.165) is 26.1 Å². The van der Waals surface area contributed by atoms with E-state index in [0.29, 0.717) is 17.7 Å². The van der Waals surface area contributed by atoms with Crippen molar-refractivity contribution in [2.24, 2.45) is 0 Å². The molecule has 0 fully saturated rings. The Bertz CT molecular complexity index is 452. The van der Waals surface area contributed by atoms with Gasteiger partial charge in [0.2, 0.25) is 0 Å². The van der Waals surface area contributed by atoms with Gasteiger partial charge in [0.05, 0.1) is 11.1 Å². The number of halogens is 1. The van der Waals surface area contributed by atoms with Gasteiger partial charge in [-0.25, -0.2) is 0 Å². The summed E-state index contributed by atoms with van der Waals surface area (Å²) < 4.78 is 0. The Morgan fingerprint density at radius 2 is 1.50 bits per heavy atom. The van der Waals surface area contributed by atoms with E-state index in [2.05, 4.69) is 18.7 Å². The molecule has 1 aliphatic rings. The van der Waals surface area contributed by atoms with Crippen LogP contribution in [0.1, 0.15) is 41.0 Å². The van der Waals surface area contributed by atoms with Crippen molar-refractivity contribution in [3.05, 3.63) is 35.4 Å². The van der Waals surface area contributed by atoms with E-state index in [1.165, 1.54) is 4.90 Å². The molecule has 110 valence electrons. The van der Waals surface area contributed by atoms with E-state index in [1.807, 2.05) is 0 Å². The average molecular weight is 297 g/mol. The first-order valence-electron chi connectivity index (χ1n) is 6.86. The van der Waals surface area contributed by atoms with Crippen LogP contribution in [-0.2, 0) is 0 Å². The van der Waals surface area contributed by atoms with E-state index in [1.54, 1.807) is 24.3 Å². The van der Waals surface area contributed by atoms with Crippen LogP contribution < -0.4 is 0 Å². The maximum atomic E-state index is 12.1. The third-order valence-corrected chi connectivity index (χ3v) is 3.63. The number of fused-ring (bicyclic) bond motifs is 1. The fourth-order valence-corrected chi connectivity index (χ4v) is 2.43. The lowest BCUT2D eigenvalue weighted by atomic mass is 10.1. The highest BCUT2D eigenvalue weighted by Crippen LogP contribution is 2.22. The normalized spacial score (nSPS) is 13.7. The molecule has 0 aliphatic carbocycles. The second-order valence-corrected chi connectivity index (χ2v) is 4.69. The van der Waals surface area contributed by atoms with E-state index in [-0.39, 0.29) is 24.2 Å². The maximum absolute atomic E-state index is 12.1. The van der Waals surface area contributed by atoms with Gasteiger partial charge < -0.3 is 4.90 Å². The quantitative estimate of drug-likeness (QED) is 0.757. The summed E-state index contributed by atoms with van der Waals surface area (Å²) in [5.41, 5.74) is 1.07. The molecule has 1 aromatic carbocycles. The van der Waals surface area contributed by atoms with Gasteiger partial charge in [0.15, 0.2) is 0 Å². The second-order valence-electron chi connectivity index (χ2n) is 4.69. The summed E-state index contributed by atoms with van der Waals surface area (Å²) in [6.45, 7) is 7.65. The van der Waals surface area contributed by atoms with Gasteiger partial charge in [-0.1, -0.05) is 26.0 Å². The molecular weight excluding hydrogens is 276 g/mol. The number of amides is 2. The first kappa shape index (κ1) is 16.7. The number of nitrogens with zero attached hydrogens (tertiary/aromatic N) is 2. The maximum Gasteiger partial charge on any atom is 0.261 e. The summed E-state index contributed by atoms with van der Waals surface area (Å²) >= 11 is 0. The van der Waals surface area contributed by atoms with Gasteiger partial charge in [0.25, 0.3) is 11.8 Å². The van der Waals surface area contributed by atoms with E-state index in [9.17, 15) is 9.59 Å². The van der Waals surface area contributed by atoms with Gasteiger partial charge in [0, 0.05) is 6.54 Å². The Morgan fingerprint density at radius 3 is 1.95 bits per heavy atom. The van der Waals surface area contributed by atoms with Crippen LogP contribution in [0, 0.1) is 0 Å². The topological polar surface area (TPSA) is 40.6 Å². The highest BCUT2D eigenvalue weighted by molar-refractivity contribution is 6.21. The van der Waals surface area contributed by atoms with Crippen molar-refractivity contribution in [3.8, 4) is 0 Å². The summed E-state index contributed by atoms with van der Waals surface area (Å²) in [6, 6.07) is 7.03. The molecule has 0 saturated heterocycles. The minimum absolute atomic E-state index is 0. The molecule has 0 saturated carbocycles. The monoisotopic (exact) mass is 296 g/mol. The minimum Gasteiger partial charge on any atom is -0.304 e. The van der Waals surface area contributed by atoms with Gasteiger partial charge in [-0.2, -0.15) is 0 Å². The standard InChI is InChI=1S/C15H20N2O2.ClH/c1-3-16(4-2)10-7-11-17-14(18)12-8-5-6-9-13(12)15(17)19;/h5-6,8-9H,3-4,7,10-11H2,1-2H3;1H. The van der Waals surface area contributed by atoms with Crippen LogP contribution >= 0.6 is 12.4 Å². The average Bonchev–Trinajstić information content (AvgIpc) is 2.69. The molecular formula is C15H21ClN2O2. The molecule has 0 aromatic heterocycles. The lowest BCUT2D eigenvalue weighted by molar-refractivity contribution is 0.0648. The molecule has 0 radical (unpaired) electrons. The molecule has 0 N–H and O–H groups in total. The van der Waals surface area contributed by atoms with Crippen molar-refractivity contribution in [1.29, 1.82) is 0 Å². The van der Waals surface area contributed by atoms with Crippen molar-refractivity contribution < 1.29 is 9.59 Å². The SMILES string of the molecule is CCN(CC)CCCN1C(=O)c2ccccc2C1=O.Cl. The number of hydrogen-bond donors (Lipinski definition) is 0. The molecule has 4 nitrogen and oxygen atoms in total. The van der Waals surface area contributed by atoms with Crippen LogP contribution in [0.2, 0.25) is 0 Å². The summed E-state index contributed by atoms with van der Waals surface area (Å²) in [5, 5.41) is 0. The zero-order valence-corrected chi connectivity index (χ0v) is 12.8. The van der Waals surface area contributed by atoms with Crippen LogP contribution in [0.5, 0.6) is 0 Å². The van der Waals surface area contributed by atoms with Crippen LogP contribution in [0.25, 0.3) is 0 Å². The number of rotatable bonds is 6. The third kappa shape index (κ3) is 3.19. The summed E-state index contributed by atoms with van der Waals surface area (Å²) in [5.74, 6) is -0.305. The molecule has 0 spiro atoms. The molecule has 2 rings (SSSR count). The lowest BCUT2D eigenvalue weighted by Crippen LogP contribution is -2.33. The Kier molecular flexibility index (Phi) is 6.17. The Labute approximate surface area is 126 Å². The predicted octanol–water partition coefficient (Wildman–Crippen LogP) is 2.44. The predicted molar refractivity (Wildman–Crippen MR) is 81.5 cm³/mol. The second kappa shape index (κ2) is 7.41. The fraction of sp³-hybridized carbons (Fsp3) is 0.467. The van der Waals surface area contributed by atoms with Gasteiger partial charge in [-0.3, -0.25) is 14.5 Å². The number of carbonyl (C=O) groups is 2. The molecule has 1 aliphatic heterocycles. The number of imide groups is 1. The van der Waals surface area contributed by atoms with Crippen LogP contribution in [-0.4, -0.2) is 47.8 Å². The van der Waals surface area contributed by atoms with E-state index in [4.69, 9.17) is 0 Å². The number of carbonyl (C=O) groups excluding carboxylic acids is 2. The highest BCUT2D eigenvalue weighted by Gasteiger charge is 2.34. The van der Waals surface area contributed by atoms with Crippen LogP contribution in [0.4, 0.5) is 0 Å². The zero-order valence-electron chi connectivity index (χ0n) is 12.0. The van der Waals surface area contributed by atoms with Crippen LogP contribution in [0.3, 0.4) is 0 Å². The summed E-state index contributed by atoms with van der Waals surface area (Å²) in [4.78, 5) is 27.9. The van der Waals surface area contributed by atoms with Crippen molar-refractivity contribution in [2.45, 2.75) is 20.3 Å². The van der Waals surface area contributed by atoms with Gasteiger partial charge in [-0.05, 0) is 38.2 Å². The fourth-order valence-electron chi connectivity index (χ4n) is 2.43. The molecule has 0 bridgehead atoms. The van der Waals surface area contributed by atoms with Gasteiger partial charge in [-0.15, -0.1) is 12.4 Å². The van der Waals surface area contributed by atoms with Crippen molar-refractivity contribution in [1.82, 2.24) is 9.80 Å². The Balaban J connectivity index is 0.00000200. The van der Waals surface area contributed by atoms with Gasteiger partial charge >= 0.3 is 0 Å². The zero-order chi connectivity index (χ0) is 13.8. The minimum atomic E-state index is -0.153. The van der Waals surface area contributed by atoms with E-state index < -0.39 is 0 Å². The molecule has 2 amide bonds. The Hall–Kier alpha value is -1.39. The summed E-state index contributed by atoms with van der Waals surface area (Å²) in [7, 11) is 0. The molecule has 1 heterocycles. The molecule has 5 heteroatoms. The summed E-state index contributed by atoms with van der Waals surface area (Å²) in [6.07, 6.45) is 0.827.